The van der Waals surface area contributed by atoms with Gasteiger partial charge in [-0.3, -0.25) is 4.79 Å². The lowest BCUT2D eigenvalue weighted by Gasteiger charge is -2.56. The number of ketones is 1. The van der Waals surface area contributed by atoms with Gasteiger partial charge in [0, 0.05) is 11.8 Å². The summed E-state index contributed by atoms with van der Waals surface area (Å²) in [5, 5.41) is 11.8. The highest BCUT2D eigenvalue weighted by atomic mass is 16.3. The number of allylic oxidation sites excluding steroid dienone is 2. The van der Waals surface area contributed by atoms with Crippen molar-refractivity contribution < 1.29 is 9.90 Å². The molecule has 140 valence electrons. The maximum absolute atomic E-state index is 12.2. The first kappa shape index (κ1) is 18.3. The second-order valence-corrected chi connectivity index (χ2v) is 9.39. The smallest absolute Gasteiger partial charge is 0.285 e. The van der Waals surface area contributed by atoms with Gasteiger partial charge in [0.1, 0.15) is 0 Å². The molecule has 2 saturated carbocycles. The monoisotopic (exact) mass is 361 g/mol. The lowest BCUT2D eigenvalue weighted by Crippen LogP contribution is -2.54. The Labute approximate surface area is 162 Å². The summed E-state index contributed by atoms with van der Waals surface area (Å²) in [5.74, 6) is 0.367. The molecule has 0 radical (unpaired) electrons. The van der Waals surface area contributed by atoms with Gasteiger partial charge in [-0.25, -0.2) is 0 Å². The molecule has 0 bridgehead atoms. The molecule has 1 aromatic carbocycles. The average Bonchev–Trinajstić information content (AvgIpc) is 2.63. The molecule has 2 nitrogen and oxygen atoms in total. The Hall–Kier alpha value is -2.06. The summed E-state index contributed by atoms with van der Waals surface area (Å²) in [6, 6.07) is 10.1. The van der Waals surface area contributed by atoms with Gasteiger partial charge < -0.3 is 5.11 Å². The summed E-state index contributed by atoms with van der Waals surface area (Å²) in [4.78, 5) is 12.2. The molecule has 3 aliphatic carbocycles. The van der Waals surface area contributed by atoms with Crippen LogP contribution in [-0.4, -0.2) is 16.5 Å². The number of rotatable bonds is 2. The van der Waals surface area contributed by atoms with Gasteiger partial charge in [0.05, 0.1) is 29.7 Å². The normalized spacial score (nSPS) is 35.0. The van der Waals surface area contributed by atoms with Gasteiger partial charge in [-0.1, -0.05) is 63.6 Å². The van der Waals surface area contributed by atoms with Crippen LogP contribution < -0.4 is 0 Å². The fourth-order valence-electron chi connectivity index (χ4n) is 5.70. The van der Waals surface area contributed by atoms with Crippen LogP contribution in [0.25, 0.3) is 6.08 Å². The van der Waals surface area contributed by atoms with E-state index in [-0.39, 0.29) is 16.6 Å². The summed E-state index contributed by atoms with van der Waals surface area (Å²) < 4.78 is 0. The van der Waals surface area contributed by atoms with Gasteiger partial charge in [0.15, 0.2) is 5.60 Å². The van der Waals surface area contributed by atoms with Crippen molar-refractivity contribution in [3.8, 4) is 0 Å². The number of hydrogen-bond donors (Lipinski definition) is 1. The van der Waals surface area contributed by atoms with Gasteiger partial charge in [-0.15, -0.1) is 0 Å². The maximum atomic E-state index is 12.2. The van der Waals surface area contributed by atoms with E-state index in [0.717, 1.165) is 29.6 Å². The van der Waals surface area contributed by atoms with E-state index in [2.05, 4.69) is 20.8 Å². The van der Waals surface area contributed by atoms with Gasteiger partial charge >= 0.3 is 0 Å². The van der Waals surface area contributed by atoms with Gasteiger partial charge in [-0.2, -0.15) is 0 Å². The summed E-state index contributed by atoms with van der Waals surface area (Å²) in [7, 11) is 0. The minimum atomic E-state index is -1.04. The molecule has 2 heteroatoms. The van der Waals surface area contributed by atoms with Crippen LogP contribution in [-0.2, 0) is 4.79 Å². The van der Waals surface area contributed by atoms with Crippen LogP contribution in [0.1, 0.15) is 52.0 Å². The first-order chi connectivity index (χ1) is 12.7. The van der Waals surface area contributed by atoms with Crippen molar-refractivity contribution in [1.29, 1.82) is 0 Å². The van der Waals surface area contributed by atoms with Crippen molar-refractivity contribution in [2.75, 3.05) is 0 Å². The molecule has 0 aromatic heterocycles. The summed E-state index contributed by atoms with van der Waals surface area (Å²) in [5.41, 5.74) is 2.08. The Morgan fingerprint density at radius 1 is 1.11 bits per heavy atom. The molecule has 0 heterocycles. The Bertz CT molecular complexity index is 842. The van der Waals surface area contributed by atoms with Crippen LogP contribution in [0.5, 0.6) is 0 Å². The van der Waals surface area contributed by atoms with Crippen molar-refractivity contribution in [3.63, 3.8) is 0 Å². The molecular weight excluding hydrogens is 332 g/mol. The topological polar surface area (TPSA) is 37.3 Å². The number of aliphatic hydroxyl groups is 1. The van der Waals surface area contributed by atoms with E-state index in [1.165, 1.54) is 6.42 Å². The van der Waals surface area contributed by atoms with E-state index in [4.69, 9.17) is 0 Å². The Kier molecular flexibility index (Phi) is 4.23. The van der Waals surface area contributed by atoms with E-state index < -0.39 is 5.60 Å². The van der Waals surface area contributed by atoms with Crippen LogP contribution in [0.3, 0.4) is 0 Å². The fraction of sp³-hybridized carbons (Fsp3) is 0.440. The quantitative estimate of drug-likeness (QED) is 0.725. The van der Waals surface area contributed by atoms with Gasteiger partial charge in [-0.05, 0) is 35.8 Å². The third-order valence-electron chi connectivity index (χ3n) is 7.17. The molecule has 2 fully saturated rings. The number of hydrogen-bond acceptors (Lipinski definition) is 2. The van der Waals surface area contributed by atoms with Crippen LogP contribution in [0, 0.1) is 23.2 Å². The summed E-state index contributed by atoms with van der Waals surface area (Å²) >= 11 is 0. The zero-order valence-electron chi connectivity index (χ0n) is 16.5. The lowest BCUT2D eigenvalue weighted by atomic mass is 9.46. The van der Waals surface area contributed by atoms with Crippen LogP contribution in [0.15, 0.2) is 59.7 Å². The SMILES string of the molecule is CC1(C)CCCC2(C)C3=CC(=O)[CH+]C=C3C(O)(/C=C/c3ccccc3)CC12. The molecule has 1 aromatic rings. The Balaban J connectivity index is 1.80. The highest BCUT2D eigenvalue weighted by Crippen LogP contribution is 2.63. The second-order valence-electron chi connectivity index (χ2n) is 9.39. The Morgan fingerprint density at radius 2 is 1.85 bits per heavy atom. The fourth-order valence-corrected chi connectivity index (χ4v) is 5.70. The number of carbonyl (C=O) groups excluding carboxylic acids is 1. The Morgan fingerprint density at radius 3 is 2.59 bits per heavy atom. The number of benzene rings is 1. The zero-order valence-corrected chi connectivity index (χ0v) is 16.5. The van der Waals surface area contributed by atoms with E-state index in [1.54, 1.807) is 12.5 Å². The third-order valence-corrected chi connectivity index (χ3v) is 7.17. The van der Waals surface area contributed by atoms with Crippen LogP contribution in [0.2, 0.25) is 0 Å². The predicted octanol–water partition coefficient (Wildman–Crippen LogP) is 5.31. The summed E-state index contributed by atoms with van der Waals surface area (Å²) in [6.07, 6.45) is 13.3. The van der Waals surface area contributed by atoms with Crippen molar-refractivity contribution in [3.05, 3.63) is 71.7 Å². The molecule has 3 atom stereocenters. The minimum Gasteiger partial charge on any atom is -0.369 e. The minimum absolute atomic E-state index is 0.0355. The van der Waals surface area contributed by atoms with Crippen molar-refractivity contribution >= 4 is 11.9 Å². The molecule has 27 heavy (non-hydrogen) atoms. The van der Waals surface area contributed by atoms with E-state index in [1.807, 2.05) is 48.6 Å². The first-order valence-corrected chi connectivity index (χ1v) is 10.0. The largest absolute Gasteiger partial charge is 0.369 e. The molecule has 0 amide bonds. The second kappa shape index (κ2) is 6.24. The highest BCUT2D eigenvalue weighted by Gasteiger charge is 2.60. The third kappa shape index (κ3) is 3.00. The first-order valence-electron chi connectivity index (χ1n) is 10.0. The van der Waals surface area contributed by atoms with Crippen molar-refractivity contribution in [1.82, 2.24) is 0 Å². The van der Waals surface area contributed by atoms with E-state index in [9.17, 15) is 9.90 Å². The average molecular weight is 362 g/mol. The van der Waals surface area contributed by atoms with Crippen molar-refractivity contribution in [2.24, 2.45) is 16.7 Å². The van der Waals surface area contributed by atoms with E-state index in [0.29, 0.717) is 12.3 Å². The molecule has 3 aliphatic rings. The number of carbonyl (C=O) groups is 1. The maximum Gasteiger partial charge on any atom is 0.285 e. The number of fused-ring (bicyclic) bond motifs is 3. The molecular formula is C25H29O2+. The van der Waals surface area contributed by atoms with E-state index >= 15 is 0 Å². The standard InChI is InChI=1S/C25H29O2/c1-23(2)13-7-14-24(3)21-16-19(26)10-11-20(21)25(27,17-22(23)24)15-12-18-8-5-4-6-9-18/h4-6,8-12,15-16,22,27H,7,13-14,17H2,1-3H3/q+1/b15-12+. The molecule has 4 rings (SSSR count). The molecule has 0 spiro atoms. The van der Waals surface area contributed by atoms with Gasteiger partial charge in [0.25, 0.3) is 5.78 Å². The molecule has 0 saturated heterocycles. The molecule has 0 aliphatic heterocycles. The zero-order chi connectivity index (χ0) is 19.3. The van der Waals surface area contributed by atoms with Gasteiger partial charge in [0.2, 0.25) is 0 Å². The highest BCUT2D eigenvalue weighted by molar-refractivity contribution is 6.01. The molecule has 1 N–H and O–H groups in total. The van der Waals surface area contributed by atoms with Crippen molar-refractivity contribution in [2.45, 2.75) is 52.1 Å². The van der Waals surface area contributed by atoms with Crippen LogP contribution >= 0.6 is 0 Å². The van der Waals surface area contributed by atoms with Crippen LogP contribution in [0.4, 0.5) is 0 Å². The lowest BCUT2D eigenvalue weighted by molar-refractivity contribution is -0.111. The summed E-state index contributed by atoms with van der Waals surface area (Å²) in [6.45, 7) is 6.95. The predicted molar refractivity (Wildman–Crippen MR) is 110 cm³/mol. The molecule has 3 unspecified atom stereocenters.